The number of hydrogen-bond acceptors (Lipinski definition) is 5. The van der Waals surface area contributed by atoms with Crippen molar-refractivity contribution in [3.05, 3.63) is 60.2 Å². The summed E-state index contributed by atoms with van der Waals surface area (Å²) >= 11 is 0. The summed E-state index contributed by atoms with van der Waals surface area (Å²) in [5.41, 5.74) is 1.16. The van der Waals surface area contributed by atoms with Crippen LogP contribution in [-0.4, -0.2) is 56.6 Å². The van der Waals surface area contributed by atoms with Gasteiger partial charge in [0.05, 0.1) is 13.7 Å². The molecule has 0 aromatic heterocycles. The Bertz CT molecular complexity index is 588. The molecule has 136 valence electrons. The Labute approximate surface area is 149 Å². The van der Waals surface area contributed by atoms with Crippen LogP contribution in [0.15, 0.2) is 54.6 Å². The zero-order chi connectivity index (χ0) is 17.9. The number of aliphatic hydroxyl groups is 1. The van der Waals surface area contributed by atoms with Gasteiger partial charge in [-0.15, -0.1) is 0 Å². The van der Waals surface area contributed by atoms with E-state index in [1.165, 1.54) is 0 Å². The third kappa shape index (κ3) is 7.13. The van der Waals surface area contributed by atoms with Gasteiger partial charge < -0.3 is 19.3 Å². The minimum absolute atomic E-state index is 0.260. The lowest BCUT2D eigenvalue weighted by molar-refractivity contribution is 0.0542. The van der Waals surface area contributed by atoms with E-state index in [0.29, 0.717) is 13.2 Å². The molecule has 0 aliphatic carbocycles. The van der Waals surface area contributed by atoms with Crippen LogP contribution in [0.1, 0.15) is 5.56 Å². The first kappa shape index (κ1) is 19.2. The van der Waals surface area contributed by atoms with Gasteiger partial charge in [0.1, 0.15) is 24.2 Å². The molecule has 1 N–H and O–H groups in total. The molecule has 0 fully saturated rings. The van der Waals surface area contributed by atoms with E-state index in [2.05, 4.69) is 4.90 Å². The molecule has 0 bridgehead atoms. The van der Waals surface area contributed by atoms with Gasteiger partial charge in [0.25, 0.3) is 0 Å². The average molecular weight is 345 g/mol. The number of aliphatic hydroxyl groups excluding tert-OH is 1. The number of nitrogens with zero attached hydrogens (tertiary/aromatic N) is 1. The second-order valence-electron chi connectivity index (χ2n) is 5.85. The SMILES string of the molecule is COCCN(Cc1ccc(OC)cc1)C[C@@H](O)COc1ccccc1. The highest BCUT2D eigenvalue weighted by atomic mass is 16.5. The molecule has 5 heteroatoms. The van der Waals surface area contributed by atoms with Crippen LogP contribution >= 0.6 is 0 Å². The van der Waals surface area contributed by atoms with Gasteiger partial charge in [0, 0.05) is 26.7 Å². The molecular formula is C20H27NO4. The van der Waals surface area contributed by atoms with Gasteiger partial charge in [-0.05, 0) is 29.8 Å². The van der Waals surface area contributed by atoms with Crippen LogP contribution in [0.2, 0.25) is 0 Å². The van der Waals surface area contributed by atoms with E-state index in [-0.39, 0.29) is 6.61 Å². The minimum Gasteiger partial charge on any atom is -0.497 e. The van der Waals surface area contributed by atoms with Crippen molar-refractivity contribution in [2.75, 3.05) is 40.5 Å². The molecule has 0 saturated carbocycles. The Morgan fingerprint density at radius 1 is 0.960 bits per heavy atom. The molecule has 0 aliphatic heterocycles. The van der Waals surface area contributed by atoms with Gasteiger partial charge in [-0.2, -0.15) is 0 Å². The molecule has 0 heterocycles. The predicted octanol–water partition coefficient (Wildman–Crippen LogP) is 2.58. The monoisotopic (exact) mass is 345 g/mol. The molecule has 25 heavy (non-hydrogen) atoms. The fourth-order valence-corrected chi connectivity index (χ4v) is 2.50. The highest BCUT2D eigenvalue weighted by Gasteiger charge is 2.13. The van der Waals surface area contributed by atoms with Gasteiger partial charge in [0.2, 0.25) is 0 Å². The van der Waals surface area contributed by atoms with E-state index in [1.807, 2.05) is 54.6 Å². The van der Waals surface area contributed by atoms with E-state index in [1.54, 1.807) is 14.2 Å². The summed E-state index contributed by atoms with van der Waals surface area (Å²) in [4.78, 5) is 2.16. The Hall–Kier alpha value is -2.08. The third-order valence-corrected chi connectivity index (χ3v) is 3.83. The lowest BCUT2D eigenvalue weighted by Crippen LogP contribution is -2.37. The van der Waals surface area contributed by atoms with E-state index in [0.717, 1.165) is 30.2 Å². The Balaban J connectivity index is 1.86. The van der Waals surface area contributed by atoms with Crippen molar-refractivity contribution >= 4 is 0 Å². The van der Waals surface area contributed by atoms with Crippen molar-refractivity contribution in [3.63, 3.8) is 0 Å². The summed E-state index contributed by atoms with van der Waals surface area (Å²) in [6.07, 6.45) is -0.574. The standard InChI is InChI=1S/C20H27NO4/c1-23-13-12-21(14-17-8-10-19(24-2)11-9-17)15-18(22)16-25-20-6-4-3-5-7-20/h3-11,18,22H,12-16H2,1-2H3/t18-/m1/s1. The van der Waals surface area contributed by atoms with Gasteiger partial charge in [-0.1, -0.05) is 30.3 Å². The van der Waals surface area contributed by atoms with Crippen molar-refractivity contribution in [1.29, 1.82) is 0 Å². The number of ether oxygens (including phenoxy) is 3. The molecule has 0 radical (unpaired) electrons. The minimum atomic E-state index is -0.574. The maximum Gasteiger partial charge on any atom is 0.119 e. The van der Waals surface area contributed by atoms with Crippen LogP contribution in [-0.2, 0) is 11.3 Å². The van der Waals surface area contributed by atoms with E-state index in [4.69, 9.17) is 14.2 Å². The number of benzene rings is 2. The first-order valence-corrected chi connectivity index (χ1v) is 8.41. The van der Waals surface area contributed by atoms with Gasteiger partial charge in [-0.3, -0.25) is 4.90 Å². The lowest BCUT2D eigenvalue weighted by atomic mass is 10.2. The second kappa shape index (κ2) is 10.7. The van der Waals surface area contributed by atoms with Crippen LogP contribution in [0.25, 0.3) is 0 Å². The summed E-state index contributed by atoms with van der Waals surface area (Å²) in [5, 5.41) is 10.3. The molecule has 5 nitrogen and oxygen atoms in total. The molecule has 0 unspecified atom stereocenters. The van der Waals surface area contributed by atoms with Crippen LogP contribution < -0.4 is 9.47 Å². The van der Waals surface area contributed by atoms with Crippen molar-refractivity contribution in [1.82, 2.24) is 4.90 Å². The van der Waals surface area contributed by atoms with Crippen molar-refractivity contribution in [2.24, 2.45) is 0 Å². The highest BCUT2D eigenvalue weighted by Crippen LogP contribution is 2.14. The third-order valence-electron chi connectivity index (χ3n) is 3.83. The molecule has 2 aromatic carbocycles. The number of para-hydroxylation sites is 1. The van der Waals surface area contributed by atoms with E-state index in [9.17, 15) is 5.11 Å². The molecule has 0 amide bonds. The van der Waals surface area contributed by atoms with E-state index < -0.39 is 6.10 Å². The fraction of sp³-hybridized carbons (Fsp3) is 0.400. The molecule has 1 atom stereocenters. The molecule has 2 rings (SSSR count). The first-order chi connectivity index (χ1) is 12.2. The molecule has 0 saturated heterocycles. The Morgan fingerprint density at radius 2 is 1.68 bits per heavy atom. The van der Waals surface area contributed by atoms with Gasteiger partial charge in [0.15, 0.2) is 0 Å². The number of methoxy groups -OCH3 is 2. The molecular weight excluding hydrogens is 318 g/mol. The Kier molecular flexibility index (Phi) is 8.25. The summed E-state index contributed by atoms with van der Waals surface area (Å²) in [7, 11) is 3.34. The van der Waals surface area contributed by atoms with Crippen molar-refractivity contribution < 1.29 is 19.3 Å². The summed E-state index contributed by atoms with van der Waals surface area (Å²) in [6.45, 7) is 2.86. The second-order valence-corrected chi connectivity index (χ2v) is 5.85. The summed E-state index contributed by atoms with van der Waals surface area (Å²) in [6, 6.07) is 17.5. The lowest BCUT2D eigenvalue weighted by Gasteiger charge is -2.25. The zero-order valence-electron chi connectivity index (χ0n) is 14.9. The average Bonchev–Trinajstić information content (AvgIpc) is 2.66. The van der Waals surface area contributed by atoms with Crippen molar-refractivity contribution in [2.45, 2.75) is 12.6 Å². The molecule has 2 aromatic rings. The topological polar surface area (TPSA) is 51.2 Å². The maximum atomic E-state index is 10.3. The van der Waals surface area contributed by atoms with Crippen LogP contribution in [0.5, 0.6) is 11.5 Å². The number of hydrogen-bond donors (Lipinski definition) is 1. The first-order valence-electron chi connectivity index (χ1n) is 8.41. The van der Waals surface area contributed by atoms with Crippen LogP contribution in [0.3, 0.4) is 0 Å². The molecule has 0 aliphatic rings. The van der Waals surface area contributed by atoms with Gasteiger partial charge in [-0.25, -0.2) is 0 Å². The smallest absolute Gasteiger partial charge is 0.119 e. The largest absolute Gasteiger partial charge is 0.497 e. The van der Waals surface area contributed by atoms with Gasteiger partial charge >= 0.3 is 0 Å². The zero-order valence-corrected chi connectivity index (χ0v) is 14.9. The maximum absolute atomic E-state index is 10.3. The summed E-state index contributed by atoms with van der Waals surface area (Å²) in [5.74, 6) is 1.60. The van der Waals surface area contributed by atoms with Crippen LogP contribution in [0.4, 0.5) is 0 Å². The quantitative estimate of drug-likeness (QED) is 0.678. The highest BCUT2D eigenvalue weighted by molar-refractivity contribution is 5.27. The Morgan fingerprint density at radius 3 is 2.32 bits per heavy atom. The fourth-order valence-electron chi connectivity index (χ4n) is 2.50. The van der Waals surface area contributed by atoms with E-state index >= 15 is 0 Å². The summed E-state index contributed by atoms with van der Waals surface area (Å²) < 4.78 is 16.0. The predicted molar refractivity (Wildman–Crippen MR) is 98.1 cm³/mol. The normalized spacial score (nSPS) is 12.2. The number of rotatable bonds is 11. The molecule has 0 spiro atoms. The van der Waals surface area contributed by atoms with Crippen molar-refractivity contribution in [3.8, 4) is 11.5 Å². The van der Waals surface area contributed by atoms with Crippen LogP contribution in [0, 0.1) is 0 Å².